The van der Waals surface area contributed by atoms with Gasteiger partial charge in [0, 0.05) is 22.5 Å². The summed E-state index contributed by atoms with van der Waals surface area (Å²) in [5.41, 5.74) is 10.2. The minimum absolute atomic E-state index is 0.0386. The van der Waals surface area contributed by atoms with Gasteiger partial charge < -0.3 is 11.1 Å². The second-order valence-corrected chi connectivity index (χ2v) is 6.78. The Morgan fingerprint density at radius 3 is 2.56 bits per heavy atom. The van der Waals surface area contributed by atoms with Gasteiger partial charge in [-0.3, -0.25) is 4.79 Å². The van der Waals surface area contributed by atoms with Crippen molar-refractivity contribution < 1.29 is 9.18 Å². The number of nitrogens with one attached hydrogen (secondary N) is 1. The number of aryl methyl sites for hydroxylation is 2. The quantitative estimate of drug-likeness (QED) is 0.732. The molecular formula is C22H20ClFN2O. The third kappa shape index (κ3) is 4.29. The number of hydrogen-bond acceptors (Lipinski definition) is 2. The maximum atomic E-state index is 13.7. The number of amides is 1. The molecule has 0 unspecified atom stereocenters. The number of rotatable bonds is 5. The minimum atomic E-state index is -0.584. The summed E-state index contributed by atoms with van der Waals surface area (Å²) in [6.07, 6.45) is 8.02. The molecule has 0 fully saturated rings. The highest BCUT2D eigenvalue weighted by atomic mass is 35.5. The number of fused-ring (bicyclic) bond motifs is 1. The van der Waals surface area contributed by atoms with Crippen molar-refractivity contribution in [2.24, 2.45) is 5.73 Å². The van der Waals surface area contributed by atoms with Crippen LogP contribution in [0.25, 0.3) is 5.57 Å². The van der Waals surface area contributed by atoms with Gasteiger partial charge in [0.25, 0.3) is 5.91 Å². The molecule has 0 saturated heterocycles. The molecule has 138 valence electrons. The minimum Gasteiger partial charge on any atom is -0.404 e. The topological polar surface area (TPSA) is 55.1 Å². The molecule has 2 aromatic rings. The average Bonchev–Trinajstić information content (AvgIpc) is 3.09. The Morgan fingerprint density at radius 1 is 1.15 bits per heavy atom. The van der Waals surface area contributed by atoms with Gasteiger partial charge in [-0.05, 0) is 66.3 Å². The molecule has 3 nitrogen and oxygen atoms in total. The number of halogens is 2. The Bertz CT molecular complexity index is 963. The lowest BCUT2D eigenvalue weighted by Crippen LogP contribution is -2.22. The van der Waals surface area contributed by atoms with Crippen LogP contribution in [0.5, 0.6) is 0 Å². The third-order valence-electron chi connectivity index (χ3n) is 4.53. The Morgan fingerprint density at radius 2 is 1.85 bits per heavy atom. The fraction of sp³-hybridized carbons (Fsp3) is 0.136. The van der Waals surface area contributed by atoms with Crippen LogP contribution in [0.4, 0.5) is 4.39 Å². The van der Waals surface area contributed by atoms with Gasteiger partial charge in [-0.25, -0.2) is 4.39 Å². The lowest BCUT2D eigenvalue weighted by atomic mass is 10.0. The maximum absolute atomic E-state index is 13.7. The van der Waals surface area contributed by atoms with Gasteiger partial charge >= 0.3 is 0 Å². The van der Waals surface area contributed by atoms with E-state index in [1.54, 1.807) is 18.2 Å². The smallest absolute Gasteiger partial charge is 0.258 e. The van der Waals surface area contributed by atoms with E-state index in [2.05, 4.69) is 18.0 Å². The van der Waals surface area contributed by atoms with Crippen LogP contribution >= 0.6 is 11.6 Å². The van der Waals surface area contributed by atoms with Crippen molar-refractivity contribution in [1.82, 2.24) is 5.32 Å². The molecule has 0 aromatic heterocycles. The van der Waals surface area contributed by atoms with Gasteiger partial charge in [-0.1, -0.05) is 36.4 Å². The van der Waals surface area contributed by atoms with Crippen molar-refractivity contribution >= 4 is 23.1 Å². The van der Waals surface area contributed by atoms with Crippen molar-refractivity contribution in [3.8, 4) is 0 Å². The lowest BCUT2D eigenvalue weighted by molar-refractivity contribution is 0.0963. The fourth-order valence-corrected chi connectivity index (χ4v) is 3.44. The zero-order valence-corrected chi connectivity index (χ0v) is 15.5. The van der Waals surface area contributed by atoms with Crippen LogP contribution in [-0.4, -0.2) is 5.91 Å². The Balaban J connectivity index is 1.73. The van der Waals surface area contributed by atoms with Crippen LogP contribution in [0.15, 0.2) is 67.0 Å². The van der Waals surface area contributed by atoms with Crippen LogP contribution in [0.1, 0.15) is 33.5 Å². The molecule has 1 aliphatic carbocycles. The van der Waals surface area contributed by atoms with Crippen molar-refractivity contribution in [1.29, 1.82) is 0 Å². The van der Waals surface area contributed by atoms with E-state index in [-0.39, 0.29) is 5.56 Å². The molecule has 3 rings (SSSR count). The first kappa shape index (κ1) is 18.9. The number of carbonyl (C=O) groups is 1. The highest BCUT2D eigenvalue weighted by Crippen LogP contribution is 2.32. The van der Waals surface area contributed by atoms with Crippen LogP contribution in [0, 0.1) is 5.82 Å². The molecular weight excluding hydrogens is 363 g/mol. The Labute approximate surface area is 163 Å². The number of nitrogens with two attached hydrogens (primary N) is 1. The molecule has 3 N–H and O–H groups in total. The summed E-state index contributed by atoms with van der Waals surface area (Å²) < 4.78 is 13.7. The van der Waals surface area contributed by atoms with E-state index in [4.69, 9.17) is 17.3 Å². The molecule has 2 aromatic carbocycles. The first-order chi connectivity index (χ1) is 13.0. The van der Waals surface area contributed by atoms with Crippen LogP contribution in [-0.2, 0) is 12.8 Å². The molecule has 0 bridgehead atoms. The summed E-state index contributed by atoms with van der Waals surface area (Å²) >= 11 is 6.41. The molecule has 0 aliphatic heterocycles. The van der Waals surface area contributed by atoms with Gasteiger partial charge in [-0.2, -0.15) is 0 Å². The molecule has 0 atom stereocenters. The highest BCUT2D eigenvalue weighted by molar-refractivity contribution is 6.32. The summed E-state index contributed by atoms with van der Waals surface area (Å²) in [5, 5.41) is 3.20. The van der Waals surface area contributed by atoms with E-state index in [1.807, 2.05) is 6.07 Å². The Kier molecular flexibility index (Phi) is 5.77. The first-order valence-corrected chi connectivity index (χ1v) is 9.04. The molecule has 1 amide bonds. The van der Waals surface area contributed by atoms with Crippen LogP contribution < -0.4 is 11.1 Å². The van der Waals surface area contributed by atoms with E-state index in [9.17, 15) is 9.18 Å². The standard InChI is InChI=1S/C22H20ClFN2O/c1-14(26-22(27)18-7-2-3-8-21(18)24)9-10-17(13-25)19-11-15-5-4-6-16(15)12-20(19)23/h2-3,7-13H,1,4-6,25H2,(H,26,27)/b10-9-,17-13+. The second-order valence-electron chi connectivity index (χ2n) is 6.37. The summed E-state index contributed by atoms with van der Waals surface area (Å²) in [4.78, 5) is 12.1. The maximum Gasteiger partial charge on any atom is 0.258 e. The Hall–Kier alpha value is -2.85. The summed E-state index contributed by atoms with van der Waals surface area (Å²) in [5.74, 6) is -1.14. The number of carbonyl (C=O) groups excluding carboxylic acids is 1. The zero-order valence-electron chi connectivity index (χ0n) is 14.8. The van der Waals surface area contributed by atoms with E-state index in [0.29, 0.717) is 10.7 Å². The normalized spacial score (nSPS) is 13.6. The van der Waals surface area contributed by atoms with Gasteiger partial charge in [0.15, 0.2) is 0 Å². The molecule has 5 heteroatoms. The predicted molar refractivity (Wildman–Crippen MR) is 108 cm³/mol. The van der Waals surface area contributed by atoms with Gasteiger partial charge in [0.2, 0.25) is 0 Å². The number of hydrogen-bond donors (Lipinski definition) is 2. The molecule has 0 saturated carbocycles. The van der Waals surface area contributed by atoms with Crippen LogP contribution in [0.3, 0.4) is 0 Å². The van der Waals surface area contributed by atoms with E-state index >= 15 is 0 Å². The summed E-state index contributed by atoms with van der Waals surface area (Å²) in [6.45, 7) is 3.79. The molecule has 0 heterocycles. The van der Waals surface area contributed by atoms with Crippen molar-refractivity contribution in [2.75, 3.05) is 0 Å². The van der Waals surface area contributed by atoms with Crippen LogP contribution in [0.2, 0.25) is 5.02 Å². The average molecular weight is 383 g/mol. The van der Waals surface area contributed by atoms with Crippen molar-refractivity contribution in [3.05, 3.63) is 100 Å². The van der Waals surface area contributed by atoms with Gasteiger partial charge in [0.05, 0.1) is 5.56 Å². The monoisotopic (exact) mass is 382 g/mol. The summed E-state index contributed by atoms with van der Waals surface area (Å²) in [7, 11) is 0. The summed E-state index contributed by atoms with van der Waals surface area (Å²) in [6, 6.07) is 9.83. The fourth-order valence-electron chi connectivity index (χ4n) is 3.14. The first-order valence-electron chi connectivity index (χ1n) is 8.66. The molecule has 0 spiro atoms. The van der Waals surface area contributed by atoms with Gasteiger partial charge in [0.1, 0.15) is 5.82 Å². The van der Waals surface area contributed by atoms with E-state index in [1.165, 1.54) is 35.5 Å². The lowest BCUT2D eigenvalue weighted by Gasteiger charge is -2.10. The third-order valence-corrected chi connectivity index (χ3v) is 4.84. The largest absolute Gasteiger partial charge is 0.404 e. The zero-order chi connectivity index (χ0) is 19.4. The second kappa shape index (κ2) is 8.23. The van der Waals surface area contributed by atoms with Crippen molar-refractivity contribution in [2.45, 2.75) is 19.3 Å². The number of benzene rings is 2. The number of allylic oxidation sites excluding steroid dienone is 3. The highest BCUT2D eigenvalue weighted by Gasteiger charge is 2.15. The molecule has 0 radical (unpaired) electrons. The van der Waals surface area contributed by atoms with Crippen molar-refractivity contribution in [3.63, 3.8) is 0 Å². The van der Waals surface area contributed by atoms with Gasteiger partial charge in [-0.15, -0.1) is 0 Å². The van der Waals surface area contributed by atoms with E-state index in [0.717, 1.165) is 30.4 Å². The van der Waals surface area contributed by atoms with E-state index < -0.39 is 11.7 Å². The SMILES string of the molecule is C=C(/C=C\C(=C/N)c1cc2c(cc1Cl)CCC2)NC(=O)c1ccccc1F. The molecule has 27 heavy (non-hydrogen) atoms. The predicted octanol–water partition coefficient (Wildman–Crippen LogP) is 4.77. The molecule has 1 aliphatic rings.